The Kier molecular flexibility index (Phi) is 4.98. The van der Waals surface area contributed by atoms with Gasteiger partial charge in [0.05, 0.1) is 4.92 Å². The third-order valence-corrected chi connectivity index (χ3v) is 4.85. The molecule has 0 atom stereocenters. The maximum Gasteiger partial charge on any atom is 0.288 e. The summed E-state index contributed by atoms with van der Waals surface area (Å²) in [5, 5.41) is 16.5. The molecule has 0 saturated carbocycles. The summed E-state index contributed by atoms with van der Waals surface area (Å²) in [6.07, 6.45) is 0. The molecule has 0 saturated heterocycles. The number of nitrogens with zero attached hydrogens (tertiary/aromatic N) is 1. The van der Waals surface area contributed by atoms with Gasteiger partial charge in [0.25, 0.3) is 5.69 Å². The van der Waals surface area contributed by atoms with Gasteiger partial charge in [0.2, 0.25) is 0 Å². The van der Waals surface area contributed by atoms with Gasteiger partial charge >= 0.3 is 0 Å². The van der Waals surface area contributed by atoms with Crippen LogP contribution in [0.3, 0.4) is 0 Å². The fraction of sp³-hybridized carbons (Fsp3) is 0.333. The molecule has 1 N–H and O–H groups in total. The molecule has 1 heterocycles. The second kappa shape index (κ2) is 6.56. The Bertz CT molecular complexity index is 627. The van der Waals surface area contributed by atoms with Crippen LogP contribution in [0.1, 0.15) is 24.3 Å². The van der Waals surface area contributed by atoms with E-state index in [0.29, 0.717) is 6.54 Å². The van der Waals surface area contributed by atoms with Crippen molar-refractivity contribution in [1.82, 2.24) is 5.32 Å². The van der Waals surface area contributed by atoms with Crippen LogP contribution in [0.25, 0.3) is 0 Å². The molecule has 0 unspecified atom stereocenters. The predicted octanol–water partition coefficient (Wildman–Crippen LogP) is 4.38. The first-order chi connectivity index (χ1) is 9.90. The van der Waals surface area contributed by atoms with Gasteiger partial charge in [-0.15, -0.1) is 11.3 Å². The second-order valence-corrected chi connectivity index (χ2v) is 6.86. The van der Waals surface area contributed by atoms with Crippen molar-refractivity contribution in [2.45, 2.75) is 25.8 Å². The molecule has 1 aromatic heterocycles. The SMILES string of the molecule is CC(C)(CNCc1ccc(Cl)c([N+](=O)[O-])c1)c1cccs1. The van der Waals surface area contributed by atoms with E-state index in [0.717, 1.165) is 12.1 Å². The Labute approximate surface area is 132 Å². The summed E-state index contributed by atoms with van der Waals surface area (Å²) in [5.41, 5.74) is 0.841. The van der Waals surface area contributed by atoms with Gasteiger partial charge in [-0.1, -0.05) is 37.6 Å². The smallest absolute Gasteiger partial charge is 0.288 e. The molecule has 0 amide bonds. The number of hydrogen-bond acceptors (Lipinski definition) is 4. The van der Waals surface area contributed by atoms with Gasteiger partial charge in [0.15, 0.2) is 0 Å². The minimum absolute atomic E-state index is 0.0343. The molecule has 0 aliphatic carbocycles. The van der Waals surface area contributed by atoms with Crippen molar-refractivity contribution in [3.05, 3.63) is 61.3 Å². The molecule has 4 nitrogen and oxygen atoms in total. The number of rotatable bonds is 6. The molecular formula is C15H17ClN2O2S. The Morgan fingerprint density at radius 1 is 1.38 bits per heavy atom. The van der Waals surface area contributed by atoms with Crippen molar-refractivity contribution >= 4 is 28.6 Å². The monoisotopic (exact) mass is 324 g/mol. The van der Waals surface area contributed by atoms with Crippen LogP contribution in [-0.4, -0.2) is 11.5 Å². The van der Waals surface area contributed by atoms with Crippen LogP contribution in [0.4, 0.5) is 5.69 Å². The van der Waals surface area contributed by atoms with Crippen LogP contribution in [0.5, 0.6) is 0 Å². The largest absolute Gasteiger partial charge is 0.312 e. The first-order valence-electron chi connectivity index (χ1n) is 6.58. The topological polar surface area (TPSA) is 55.2 Å². The summed E-state index contributed by atoms with van der Waals surface area (Å²) in [5.74, 6) is 0. The van der Waals surface area contributed by atoms with E-state index in [-0.39, 0.29) is 16.1 Å². The molecule has 0 aliphatic rings. The maximum absolute atomic E-state index is 10.9. The van der Waals surface area contributed by atoms with Crippen LogP contribution in [0, 0.1) is 10.1 Å². The third kappa shape index (κ3) is 4.03. The van der Waals surface area contributed by atoms with Crippen LogP contribution >= 0.6 is 22.9 Å². The van der Waals surface area contributed by atoms with Crippen molar-refractivity contribution in [2.75, 3.05) is 6.54 Å². The fourth-order valence-corrected chi connectivity index (χ4v) is 3.12. The van der Waals surface area contributed by atoms with E-state index in [4.69, 9.17) is 11.6 Å². The van der Waals surface area contributed by atoms with Gasteiger partial charge < -0.3 is 5.32 Å². The maximum atomic E-state index is 10.9. The number of nitro benzene ring substituents is 1. The summed E-state index contributed by atoms with van der Waals surface area (Å²) in [6.45, 7) is 5.73. The average molecular weight is 325 g/mol. The van der Waals surface area contributed by atoms with E-state index in [9.17, 15) is 10.1 Å². The quantitative estimate of drug-likeness (QED) is 0.633. The lowest BCUT2D eigenvalue weighted by atomic mass is 9.91. The number of hydrogen-bond donors (Lipinski definition) is 1. The van der Waals surface area contributed by atoms with Gasteiger partial charge in [0.1, 0.15) is 5.02 Å². The third-order valence-electron chi connectivity index (χ3n) is 3.29. The first kappa shape index (κ1) is 15.9. The molecule has 0 aliphatic heterocycles. The Morgan fingerprint density at radius 3 is 2.76 bits per heavy atom. The van der Waals surface area contributed by atoms with Gasteiger partial charge in [0, 0.05) is 29.4 Å². The number of benzene rings is 1. The number of halogens is 1. The minimum Gasteiger partial charge on any atom is -0.312 e. The van der Waals surface area contributed by atoms with Crippen LogP contribution in [-0.2, 0) is 12.0 Å². The molecule has 1 aromatic carbocycles. The van der Waals surface area contributed by atoms with Gasteiger partial charge in [-0.25, -0.2) is 0 Å². The van der Waals surface area contributed by atoms with E-state index in [2.05, 4.69) is 30.6 Å². The molecule has 0 radical (unpaired) electrons. The number of nitro groups is 1. The molecular weight excluding hydrogens is 308 g/mol. The van der Waals surface area contributed by atoms with E-state index < -0.39 is 4.92 Å². The lowest BCUT2D eigenvalue weighted by molar-refractivity contribution is -0.384. The van der Waals surface area contributed by atoms with Crippen molar-refractivity contribution in [3.63, 3.8) is 0 Å². The van der Waals surface area contributed by atoms with E-state index in [1.807, 2.05) is 6.07 Å². The second-order valence-electron chi connectivity index (χ2n) is 5.51. The fourth-order valence-electron chi connectivity index (χ4n) is 2.08. The molecule has 0 bridgehead atoms. The standard InChI is InChI=1S/C15H17ClN2O2S/c1-15(2,14-4-3-7-21-14)10-17-9-11-5-6-12(16)13(8-11)18(19)20/h3-8,17H,9-10H2,1-2H3. The van der Waals surface area contributed by atoms with E-state index >= 15 is 0 Å². The van der Waals surface area contributed by atoms with Crippen LogP contribution < -0.4 is 5.32 Å². The molecule has 21 heavy (non-hydrogen) atoms. The summed E-state index contributed by atoms with van der Waals surface area (Å²) in [7, 11) is 0. The van der Waals surface area contributed by atoms with Crippen molar-refractivity contribution in [1.29, 1.82) is 0 Å². The van der Waals surface area contributed by atoms with E-state index in [1.165, 1.54) is 10.9 Å². The zero-order valence-electron chi connectivity index (χ0n) is 11.9. The summed E-state index contributed by atoms with van der Waals surface area (Å²) in [6, 6.07) is 9.07. The highest BCUT2D eigenvalue weighted by atomic mass is 35.5. The summed E-state index contributed by atoms with van der Waals surface area (Å²) < 4.78 is 0. The molecule has 0 fully saturated rings. The normalized spacial score (nSPS) is 11.6. The molecule has 2 rings (SSSR count). The molecule has 2 aromatic rings. The summed E-state index contributed by atoms with van der Waals surface area (Å²) in [4.78, 5) is 11.7. The number of nitrogens with one attached hydrogen (secondary N) is 1. The minimum atomic E-state index is -0.457. The lowest BCUT2D eigenvalue weighted by Crippen LogP contribution is -2.31. The highest BCUT2D eigenvalue weighted by molar-refractivity contribution is 7.10. The van der Waals surface area contributed by atoms with Crippen molar-refractivity contribution < 1.29 is 4.92 Å². The molecule has 112 valence electrons. The Hall–Kier alpha value is -1.43. The summed E-state index contributed by atoms with van der Waals surface area (Å²) >= 11 is 7.54. The lowest BCUT2D eigenvalue weighted by Gasteiger charge is -2.23. The first-order valence-corrected chi connectivity index (χ1v) is 7.83. The highest BCUT2D eigenvalue weighted by Gasteiger charge is 2.21. The predicted molar refractivity (Wildman–Crippen MR) is 87.2 cm³/mol. The van der Waals surface area contributed by atoms with Gasteiger partial charge in [-0.3, -0.25) is 10.1 Å². The Balaban J connectivity index is 1.98. The van der Waals surface area contributed by atoms with Crippen LogP contribution in [0.2, 0.25) is 5.02 Å². The molecule has 6 heteroatoms. The Morgan fingerprint density at radius 2 is 2.14 bits per heavy atom. The average Bonchev–Trinajstić information content (AvgIpc) is 2.95. The van der Waals surface area contributed by atoms with Crippen molar-refractivity contribution in [2.24, 2.45) is 0 Å². The van der Waals surface area contributed by atoms with Gasteiger partial charge in [-0.05, 0) is 23.1 Å². The zero-order valence-corrected chi connectivity index (χ0v) is 13.5. The molecule has 0 spiro atoms. The zero-order chi connectivity index (χ0) is 15.5. The highest BCUT2D eigenvalue weighted by Crippen LogP contribution is 2.27. The van der Waals surface area contributed by atoms with Crippen LogP contribution in [0.15, 0.2) is 35.7 Å². The van der Waals surface area contributed by atoms with Crippen molar-refractivity contribution in [3.8, 4) is 0 Å². The van der Waals surface area contributed by atoms with Gasteiger partial charge in [-0.2, -0.15) is 0 Å². The number of thiophene rings is 1. The van der Waals surface area contributed by atoms with E-state index in [1.54, 1.807) is 23.5 Å².